The first-order chi connectivity index (χ1) is 15.8. The number of hydrogen-bond acceptors (Lipinski definition) is 0. The Morgan fingerprint density at radius 2 is 0.938 bits per heavy atom. The van der Waals surface area contributed by atoms with E-state index < -0.39 is 0 Å². The number of unbranched alkanes of at least 4 members (excludes halogenated alkanes) is 18. The summed E-state index contributed by atoms with van der Waals surface area (Å²) in [5.74, 6) is 2.21. The lowest BCUT2D eigenvalue weighted by Crippen LogP contribution is -2.36. The Labute approximate surface area is 202 Å². The van der Waals surface area contributed by atoms with Crippen LogP contribution in [0.5, 0.6) is 0 Å². The molecule has 0 aliphatic heterocycles. The van der Waals surface area contributed by atoms with E-state index in [1.54, 1.807) is 0 Å². The number of rotatable bonds is 24. The van der Waals surface area contributed by atoms with Crippen LogP contribution in [0.3, 0.4) is 0 Å². The third-order valence-electron chi connectivity index (χ3n) is 7.33. The number of aromatic nitrogens is 2. The lowest BCUT2D eigenvalue weighted by atomic mass is 9.93. The van der Waals surface area contributed by atoms with Gasteiger partial charge in [-0.2, -0.15) is 0 Å². The number of aromatic amines is 1. The van der Waals surface area contributed by atoms with Gasteiger partial charge in [0.1, 0.15) is 12.4 Å². The van der Waals surface area contributed by atoms with E-state index in [9.17, 15) is 0 Å². The van der Waals surface area contributed by atoms with Gasteiger partial charge in [0.15, 0.2) is 0 Å². The van der Waals surface area contributed by atoms with Crippen LogP contribution in [0.2, 0.25) is 0 Å². The van der Waals surface area contributed by atoms with Crippen molar-refractivity contribution in [2.45, 2.75) is 174 Å². The molecule has 0 saturated carbocycles. The standard InChI is InChI=1S/C30H58N2/c1-4-7-9-11-12-13-14-15-16-17-18-19-20-22-24-26-29(25-23-21-10-8-5-2)30-31-27-28-32(30)6-3/h27-29H,4-26H2,1-3H3/p+1/t29-/m0/s1. The number of H-pyrrole nitrogens is 1. The van der Waals surface area contributed by atoms with Crippen LogP contribution in [-0.2, 0) is 6.54 Å². The average Bonchev–Trinajstić information content (AvgIpc) is 3.29. The molecule has 0 amide bonds. The fourth-order valence-electron chi connectivity index (χ4n) is 5.18. The molecule has 0 bridgehead atoms. The molecule has 1 atom stereocenters. The number of nitrogens with one attached hydrogen (secondary N) is 1. The first kappa shape index (κ1) is 29.2. The van der Waals surface area contributed by atoms with Crippen LogP contribution in [0.25, 0.3) is 0 Å². The second-order valence-electron chi connectivity index (χ2n) is 10.3. The Kier molecular flexibility index (Phi) is 20.1. The van der Waals surface area contributed by atoms with E-state index in [4.69, 9.17) is 0 Å². The Bertz CT molecular complexity index is 493. The van der Waals surface area contributed by atoms with Gasteiger partial charge in [0.05, 0.1) is 12.5 Å². The lowest BCUT2D eigenvalue weighted by Gasteiger charge is -2.14. The van der Waals surface area contributed by atoms with Gasteiger partial charge in [-0.05, 0) is 19.8 Å². The van der Waals surface area contributed by atoms with Gasteiger partial charge < -0.3 is 0 Å². The van der Waals surface area contributed by atoms with E-state index in [-0.39, 0.29) is 0 Å². The summed E-state index contributed by atoms with van der Waals surface area (Å²) in [6.07, 6.45) is 35.8. The van der Waals surface area contributed by atoms with Crippen LogP contribution in [0.4, 0.5) is 0 Å². The van der Waals surface area contributed by atoms with Crippen LogP contribution in [0, 0.1) is 0 Å². The van der Waals surface area contributed by atoms with Crippen molar-refractivity contribution >= 4 is 0 Å². The topological polar surface area (TPSA) is 19.7 Å². The highest BCUT2D eigenvalue weighted by Crippen LogP contribution is 2.26. The summed E-state index contributed by atoms with van der Waals surface area (Å²) in [5, 5.41) is 0. The van der Waals surface area contributed by atoms with Gasteiger partial charge in [-0.15, -0.1) is 0 Å². The number of hydrogen-bond donors (Lipinski definition) is 1. The van der Waals surface area contributed by atoms with Gasteiger partial charge in [-0.3, -0.25) is 0 Å². The van der Waals surface area contributed by atoms with Crippen molar-refractivity contribution in [1.29, 1.82) is 0 Å². The summed E-state index contributed by atoms with van der Waals surface area (Å²) < 4.78 is 2.43. The van der Waals surface area contributed by atoms with Gasteiger partial charge in [-0.1, -0.05) is 142 Å². The minimum Gasteiger partial charge on any atom is -0.247 e. The summed E-state index contributed by atoms with van der Waals surface area (Å²) in [7, 11) is 0. The zero-order valence-corrected chi connectivity index (χ0v) is 22.4. The maximum absolute atomic E-state index is 3.57. The van der Waals surface area contributed by atoms with Crippen LogP contribution in [0.15, 0.2) is 12.4 Å². The molecule has 0 saturated heterocycles. The van der Waals surface area contributed by atoms with Crippen molar-refractivity contribution in [2.75, 3.05) is 0 Å². The van der Waals surface area contributed by atoms with E-state index in [0.29, 0.717) is 0 Å². The Hall–Kier alpha value is -0.790. The monoisotopic (exact) mass is 447 g/mol. The van der Waals surface area contributed by atoms with Gasteiger partial charge in [0.25, 0.3) is 5.82 Å². The quantitative estimate of drug-likeness (QED) is 0.120. The highest BCUT2D eigenvalue weighted by Gasteiger charge is 2.21. The molecule has 1 N–H and O–H groups in total. The van der Waals surface area contributed by atoms with Crippen molar-refractivity contribution in [2.24, 2.45) is 0 Å². The van der Waals surface area contributed by atoms with E-state index >= 15 is 0 Å². The Morgan fingerprint density at radius 1 is 0.562 bits per heavy atom. The van der Waals surface area contributed by atoms with Crippen LogP contribution in [0.1, 0.15) is 174 Å². The lowest BCUT2D eigenvalue weighted by molar-refractivity contribution is -0.701. The molecule has 0 aromatic carbocycles. The summed E-state index contributed by atoms with van der Waals surface area (Å²) >= 11 is 0. The number of imidazole rings is 1. The third kappa shape index (κ3) is 15.1. The zero-order valence-electron chi connectivity index (χ0n) is 22.4. The summed E-state index contributed by atoms with van der Waals surface area (Å²) in [4.78, 5) is 3.57. The maximum atomic E-state index is 3.57. The summed E-state index contributed by atoms with van der Waals surface area (Å²) in [6, 6.07) is 0. The van der Waals surface area contributed by atoms with Crippen molar-refractivity contribution in [1.82, 2.24) is 4.98 Å². The molecule has 0 radical (unpaired) electrons. The highest BCUT2D eigenvalue weighted by atomic mass is 15.1. The second-order valence-corrected chi connectivity index (χ2v) is 10.3. The van der Waals surface area contributed by atoms with E-state index in [1.165, 1.54) is 147 Å². The van der Waals surface area contributed by atoms with E-state index in [1.807, 2.05) is 0 Å². The van der Waals surface area contributed by atoms with E-state index in [0.717, 1.165) is 12.5 Å². The van der Waals surface area contributed by atoms with Crippen molar-refractivity contribution < 1.29 is 4.57 Å². The molecule has 0 spiro atoms. The molecule has 2 nitrogen and oxygen atoms in total. The maximum Gasteiger partial charge on any atom is 0.257 e. The van der Waals surface area contributed by atoms with E-state index in [2.05, 4.69) is 42.7 Å². The minimum atomic E-state index is 0.730. The van der Waals surface area contributed by atoms with Crippen LogP contribution >= 0.6 is 0 Å². The largest absolute Gasteiger partial charge is 0.257 e. The molecule has 32 heavy (non-hydrogen) atoms. The summed E-state index contributed by atoms with van der Waals surface area (Å²) in [6.45, 7) is 7.97. The summed E-state index contributed by atoms with van der Waals surface area (Å²) in [5.41, 5.74) is 0. The molecule has 0 aliphatic rings. The average molecular weight is 448 g/mol. The van der Waals surface area contributed by atoms with Crippen LogP contribution < -0.4 is 4.57 Å². The van der Waals surface area contributed by atoms with Gasteiger partial charge in [0.2, 0.25) is 0 Å². The zero-order chi connectivity index (χ0) is 23.1. The smallest absolute Gasteiger partial charge is 0.247 e. The predicted molar refractivity (Wildman–Crippen MR) is 142 cm³/mol. The number of aryl methyl sites for hydroxylation is 1. The molecule has 0 unspecified atom stereocenters. The predicted octanol–water partition coefficient (Wildman–Crippen LogP) is 10.0. The molecule has 1 heterocycles. The molecule has 1 aromatic heterocycles. The second kappa shape index (κ2) is 22.0. The molecule has 0 fully saturated rings. The fourth-order valence-corrected chi connectivity index (χ4v) is 5.18. The normalized spacial score (nSPS) is 12.5. The molecule has 1 rings (SSSR count). The van der Waals surface area contributed by atoms with Gasteiger partial charge in [0, 0.05) is 0 Å². The number of nitrogens with zero attached hydrogens (tertiary/aromatic N) is 1. The molecule has 188 valence electrons. The minimum absolute atomic E-state index is 0.730. The molecule has 1 aromatic rings. The van der Waals surface area contributed by atoms with Gasteiger partial charge in [-0.25, -0.2) is 9.55 Å². The SMILES string of the molecule is CCCCCCCCCCCCCCCCC[C@H](CCCCCCC)c1[nH]cc[n+]1CC. The van der Waals surface area contributed by atoms with Crippen molar-refractivity contribution in [3.05, 3.63) is 18.2 Å². The van der Waals surface area contributed by atoms with Crippen molar-refractivity contribution in [3.63, 3.8) is 0 Å². The third-order valence-corrected chi connectivity index (χ3v) is 7.33. The first-order valence-electron chi connectivity index (χ1n) is 14.9. The molecular weight excluding hydrogens is 388 g/mol. The Balaban J connectivity index is 2.05. The fraction of sp³-hybridized carbons (Fsp3) is 0.900. The molecule has 0 aliphatic carbocycles. The van der Waals surface area contributed by atoms with Gasteiger partial charge >= 0.3 is 0 Å². The van der Waals surface area contributed by atoms with Crippen LogP contribution in [-0.4, -0.2) is 4.98 Å². The highest BCUT2D eigenvalue weighted by molar-refractivity contribution is 4.90. The van der Waals surface area contributed by atoms with Crippen molar-refractivity contribution in [3.8, 4) is 0 Å². The Morgan fingerprint density at radius 3 is 1.31 bits per heavy atom. The molecule has 2 heteroatoms. The molecular formula is C30H59N2+. The first-order valence-corrected chi connectivity index (χ1v) is 14.9.